The number of fused-ring (bicyclic) bond motifs is 1. The summed E-state index contributed by atoms with van der Waals surface area (Å²) in [7, 11) is 1.60. The second kappa shape index (κ2) is 12.8. The Kier molecular flexibility index (Phi) is 9.74. The van der Waals surface area contributed by atoms with Crippen molar-refractivity contribution in [1.29, 1.82) is 0 Å². The Hall–Kier alpha value is -3.86. The number of carbonyl (C=O) groups excluding carboxylic acids is 4. The number of hydrogen-bond donors (Lipinski definition) is 1. The number of likely N-dealkylation sites (tertiary alicyclic amines) is 1. The maximum atomic E-state index is 13.0. The van der Waals surface area contributed by atoms with Crippen LogP contribution in [0.25, 0.3) is 0 Å². The summed E-state index contributed by atoms with van der Waals surface area (Å²) in [6, 6.07) is -1.20. The zero-order valence-electron chi connectivity index (χ0n) is 22.7. The van der Waals surface area contributed by atoms with Crippen LogP contribution in [-0.4, -0.2) is 102 Å². The molecule has 2 saturated heterocycles. The zero-order chi connectivity index (χ0) is 28.9. The topological polar surface area (TPSA) is 126 Å². The van der Waals surface area contributed by atoms with Gasteiger partial charge in [-0.25, -0.2) is 14.4 Å². The minimum Gasteiger partial charge on any atom is -0.457 e. The third-order valence-corrected chi connectivity index (χ3v) is 7.21. The van der Waals surface area contributed by atoms with Crippen LogP contribution >= 0.6 is 0 Å². The molecule has 11 nitrogen and oxygen atoms in total. The molecule has 2 fully saturated rings. The highest BCUT2D eigenvalue weighted by Crippen LogP contribution is 2.46. The van der Waals surface area contributed by atoms with Crippen LogP contribution in [0, 0.1) is 5.92 Å². The normalized spacial score (nSPS) is 24.9. The second-order valence-corrected chi connectivity index (χ2v) is 9.76. The third kappa shape index (κ3) is 6.08. The van der Waals surface area contributed by atoms with Gasteiger partial charge in [-0.1, -0.05) is 44.0 Å². The van der Waals surface area contributed by atoms with Gasteiger partial charge in [0.1, 0.15) is 25.5 Å². The Morgan fingerprint density at radius 1 is 1.10 bits per heavy atom. The number of allylic oxidation sites excluding steroid dienone is 1. The van der Waals surface area contributed by atoms with E-state index in [0.717, 1.165) is 0 Å². The summed E-state index contributed by atoms with van der Waals surface area (Å²) in [5, 5.41) is 10.1. The van der Waals surface area contributed by atoms with Crippen molar-refractivity contribution in [2.75, 3.05) is 33.4 Å². The molecule has 0 spiro atoms. The Morgan fingerprint density at radius 2 is 1.72 bits per heavy atom. The monoisotopic (exact) mass is 543 g/mol. The number of nitrogens with zero attached hydrogens (tertiary/aromatic N) is 3. The lowest BCUT2D eigenvalue weighted by molar-refractivity contribution is -0.162. The molecule has 5 atom stereocenters. The first kappa shape index (κ1) is 29.7. The minimum atomic E-state index is -0.866. The fourth-order valence-corrected chi connectivity index (χ4v) is 5.29. The molecule has 3 amide bonds. The summed E-state index contributed by atoms with van der Waals surface area (Å²) < 4.78 is 15.7. The fourth-order valence-electron chi connectivity index (χ4n) is 5.29. The van der Waals surface area contributed by atoms with Gasteiger partial charge in [0.15, 0.2) is 0 Å². The molecule has 0 aliphatic carbocycles. The van der Waals surface area contributed by atoms with Crippen LogP contribution in [0.4, 0.5) is 9.59 Å². The third-order valence-electron chi connectivity index (χ3n) is 7.21. The van der Waals surface area contributed by atoms with E-state index in [2.05, 4.69) is 19.7 Å². The van der Waals surface area contributed by atoms with Gasteiger partial charge in [0.25, 0.3) is 0 Å². The summed E-state index contributed by atoms with van der Waals surface area (Å²) in [4.78, 5) is 55.5. The van der Waals surface area contributed by atoms with Crippen molar-refractivity contribution in [3.63, 3.8) is 0 Å². The van der Waals surface area contributed by atoms with Gasteiger partial charge in [-0.2, -0.15) is 0 Å². The van der Waals surface area contributed by atoms with Crippen LogP contribution in [0.15, 0.2) is 60.9 Å². The summed E-state index contributed by atoms with van der Waals surface area (Å²) >= 11 is 0. The summed E-state index contributed by atoms with van der Waals surface area (Å²) in [5.74, 6) is -1.61. The highest BCUT2D eigenvalue weighted by Gasteiger charge is 2.57. The number of aliphatic hydroxyl groups excluding tert-OH is 1. The number of aliphatic hydroxyl groups is 1. The summed E-state index contributed by atoms with van der Waals surface area (Å²) in [6.45, 7) is 14.3. The van der Waals surface area contributed by atoms with E-state index in [0.29, 0.717) is 24.0 Å². The molecule has 3 rings (SSSR count). The average Bonchev–Trinajstić information content (AvgIpc) is 3.47. The minimum absolute atomic E-state index is 0.0214. The van der Waals surface area contributed by atoms with Crippen molar-refractivity contribution in [2.45, 2.75) is 50.9 Å². The molecular weight excluding hydrogens is 506 g/mol. The lowest BCUT2D eigenvalue weighted by atomic mass is 9.82. The number of ether oxygens (including phenoxy) is 3. The number of rotatable bonds is 11. The molecule has 3 aliphatic rings. The van der Waals surface area contributed by atoms with E-state index in [-0.39, 0.29) is 50.1 Å². The van der Waals surface area contributed by atoms with Gasteiger partial charge in [0.05, 0.1) is 30.1 Å². The van der Waals surface area contributed by atoms with Crippen LogP contribution in [-0.2, 0) is 23.8 Å². The first-order valence-electron chi connectivity index (χ1n) is 12.8. The highest BCUT2D eigenvalue weighted by molar-refractivity contribution is 6.01. The number of hydrogen-bond acceptors (Lipinski definition) is 8. The number of likely N-dealkylation sites (N-methyl/N-ethyl adjacent to an activating group) is 1. The van der Waals surface area contributed by atoms with Crippen molar-refractivity contribution < 1.29 is 38.5 Å². The maximum Gasteiger partial charge on any atom is 0.410 e. The number of amides is 3. The summed E-state index contributed by atoms with van der Waals surface area (Å²) in [5.41, 5.74) is 1.42. The van der Waals surface area contributed by atoms with E-state index in [1.807, 2.05) is 6.08 Å². The zero-order valence-corrected chi connectivity index (χ0v) is 22.7. The largest absolute Gasteiger partial charge is 0.457 e. The van der Waals surface area contributed by atoms with Crippen LogP contribution < -0.4 is 0 Å². The lowest BCUT2D eigenvalue weighted by Gasteiger charge is -2.44. The van der Waals surface area contributed by atoms with Crippen LogP contribution in [0.1, 0.15) is 26.7 Å². The van der Waals surface area contributed by atoms with Gasteiger partial charge in [0.2, 0.25) is 5.91 Å². The average molecular weight is 544 g/mol. The second-order valence-electron chi connectivity index (χ2n) is 9.76. The van der Waals surface area contributed by atoms with Crippen molar-refractivity contribution in [1.82, 2.24) is 14.7 Å². The molecule has 0 saturated carbocycles. The van der Waals surface area contributed by atoms with Crippen LogP contribution in [0.3, 0.4) is 0 Å². The molecule has 212 valence electrons. The van der Waals surface area contributed by atoms with Crippen LogP contribution in [0.2, 0.25) is 0 Å². The van der Waals surface area contributed by atoms with Crippen molar-refractivity contribution in [3.8, 4) is 0 Å². The number of β-lactam (4-membered cyclic amide) rings is 1. The highest BCUT2D eigenvalue weighted by atomic mass is 16.6. The Bertz CT molecular complexity index is 1090. The molecule has 0 unspecified atom stereocenters. The molecule has 39 heavy (non-hydrogen) atoms. The van der Waals surface area contributed by atoms with Gasteiger partial charge >= 0.3 is 18.2 Å². The molecule has 0 aromatic heterocycles. The number of carbonyl (C=O) groups is 4. The van der Waals surface area contributed by atoms with Gasteiger partial charge in [-0.05, 0) is 37.8 Å². The first-order chi connectivity index (χ1) is 18.6. The molecule has 1 N–H and O–H groups in total. The van der Waals surface area contributed by atoms with Gasteiger partial charge in [0, 0.05) is 13.6 Å². The predicted octanol–water partition coefficient (Wildman–Crippen LogP) is 2.55. The van der Waals surface area contributed by atoms with Gasteiger partial charge < -0.3 is 29.1 Å². The van der Waals surface area contributed by atoms with E-state index >= 15 is 0 Å². The fraction of sp³-hybridized carbons (Fsp3) is 0.500. The van der Waals surface area contributed by atoms with E-state index in [1.165, 1.54) is 32.9 Å². The molecule has 0 bridgehead atoms. The molecule has 3 aliphatic heterocycles. The smallest absolute Gasteiger partial charge is 0.410 e. The van der Waals surface area contributed by atoms with Crippen molar-refractivity contribution in [3.05, 3.63) is 60.9 Å². The quantitative estimate of drug-likeness (QED) is 0.182. The molecule has 3 heterocycles. The number of esters is 1. The Labute approximate surface area is 228 Å². The molecule has 11 heteroatoms. The lowest BCUT2D eigenvalue weighted by Crippen LogP contribution is -2.61. The predicted molar refractivity (Wildman–Crippen MR) is 142 cm³/mol. The van der Waals surface area contributed by atoms with E-state index < -0.39 is 36.2 Å². The van der Waals surface area contributed by atoms with Crippen LogP contribution in [0.5, 0.6) is 0 Å². The van der Waals surface area contributed by atoms with Crippen molar-refractivity contribution in [2.24, 2.45) is 5.92 Å². The van der Waals surface area contributed by atoms with Crippen molar-refractivity contribution >= 4 is 24.1 Å². The van der Waals surface area contributed by atoms with Gasteiger partial charge in [-0.3, -0.25) is 9.69 Å². The summed E-state index contributed by atoms with van der Waals surface area (Å²) in [6.07, 6.45) is 4.97. The Morgan fingerprint density at radius 3 is 2.33 bits per heavy atom. The van der Waals surface area contributed by atoms with Gasteiger partial charge in [-0.15, -0.1) is 0 Å². The molecular formula is C28H37N3O8. The molecule has 0 aromatic rings. The van der Waals surface area contributed by atoms with E-state index in [4.69, 9.17) is 14.2 Å². The first-order valence-corrected chi connectivity index (χ1v) is 12.8. The molecule has 0 aromatic carbocycles. The van der Waals surface area contributed by atoms with E-state index in [9.17, 15) is 24.3 Å². The maximum absolute atomic E-state index is 13.0. The Balaban J connectivity index is 1.93. The molecule has 0 radical (unpaired) electrons. The van der Waals surface area contributed by atoms with E-state index in [1.54, 1.807) is 20.9 Å². The SMILES string of the molecule is C=CCOC(=O)C1=C(C(C)=C[C@@H]2C[C@H](N(C)C(=O)OCC=C)CN2C(=O)OCC=C)C[C@@H]2[C@@H]([C@@H](C)O)C(=O)N12. The standard InChI is InChI=1S/C28H37N3O8/c1-7-10-37-26(34)24-21(15-22-23(18(5)32)25(33)31(22)24)17(4)13-19-14-20(29(6)27(35)38-11-8-2)16-30(19)28(36)39-12-9-3/h7-9,13,18-20,22-23,32H,1-3,10-12,14-16H2,4-6H3/t18-,19-,20+,22-,23-/m1/s1.